The molecule has 0 aromatic heterocycles. The van der Waals surface area contributed by atoms with Crippen LogP contribution in [0.4, 0.5) is 9.59 Å². The van der Waals surface area contributed by atoms with Crippen molar-refractivity contribution in [2.24, 2.45) is 0 Å². The van der Waals surface area contributed by atoms with Gasteiger partial charge in [0.25, 0.3) is 0 Å². The summed E-state index contributed by atoms with van der Waals surface area (Å²) in [5.41, 5.74) is 4.29. The third-order valence-corrected chi connectivity index (χ3v) is 5.89. The van der Waals surface area contributed by atoms with E-state index in [2.05, 4.69) is 5.32 Å². The van der Waals surface area contributed by atoms with Crippen LogP contribution in [0.1, 0.15) is 43.4 Å². The normalized spacial score (nSPS) is 13.2. The summed E-state index contributed by atoms with van der Waals surface area (Å²) < 4.78 is 15.7. The molecule has 0 heterocycles. The van der Waals surface area contributed by atoms with E-state index in [4.69, 9.17) is 14.2 Å². The number of amides is 1. The Bertz CT molecular complexity index is 1250. The molecule has 4 rings (SSSR count). The predicted octanol–water partition coefficient (Wildman–Crippen LogP) is 5.53. The highest BCUT2D eigenvalue weighted by Gasteiger charge is 2.30. The van der Waals surface area contributed by atoms with Gasteiger partial charge in [0.05, 0.1) is 0 Å². The fraction of sp³-hybridized carbons (Fsp3) is 0.276. The number of carboxylic acids is 1. The van der Waals surface area contributed by atoms with Crippen molar-refractivity contribution in [3.63, 3.8) is 0 Å². The molecule has 0 saturated heterocycles. The zero-order chi connectivity index (χ0) is 26.6. The Morgan fingerprint density at radius 3 is 2.00 bits per heavy atom. The predicted molar refractivity (Wildman–Crippen MR) is 137 cm³/mol. The van der Waals surface area contributed by atoms with Crippen LogP contribution in [-0.2, 0) is 20.7 Å². The second-order valence-electron chi connectivity index (χ2n) is 9.78. The molecule has 37 heavy (non-hydrogen) atoms. The first-order valence-corrected chi connectivity index (χ1v) is 11.9. The van der Waals surface area contributed by atoms with Crippen LogP contribution in [0.25, 0.3) is 11.1 Å². The number of hydrogen-bond acceptors (Lipinski definition) is 6. The minimum atomic E-state index is -1.20. The molecule has 1 unspecified atom stereocenters. The molecule has 2 N–H and O–H groups in total. The van der Waals surface area contributed by atoms with Crippen molar-refractivity contribution in [3.05, 3.63) is 89.5 Å². The fourth-order valence-electron chi connectivity index (χ4n) is 4.28. The van der Waals surface area contributed by atoms with Crippen LogP contribution in [0.2, 0.25) is 0 Å². The van der Waals surface area contributed by atoms with Gasteiger partial charge in [-0.3, -0.25) is 0 Å². The number of carboxylic acid groups (broad SMARTS) is 1. The lowest BCUT2D eigenvalue weighted by Crippen LogP contribution is -2.42. The Balaban J connectivity index is 1.34. The van der Waals surface area contributed by atoms with Crippen molar-refractivity contribution < 1.29 is 33.7 Å². The van der Waals surface area contributed by atoms with E-state index in [9.17, 15) is 19.5 Å². The maximum absolute atomic E-state index is 12.6. The molecule has 0 saturated carbocycles. The number of nitrogens with one attached hydrogen (secondary N) is 1. The summed E-state index contributed by atoms with van der Waals surface area (Å²) in [5, 5.41) is 12.1. The standard InChI is InChI=1S/C29H29NO7/c1-29(2,3)37-28(34)36-19-14-12-18(13-15-19)16-25(26(31)32)30-27(33)35-17-24-22-10-6-4-8-20(22)21-9-5-7-11-23(21)24/h4-15,24-25H,16-17H2,1-3H3,(H,30,33)(H,31,32). The molecule has 192 valence electrons. The molecule has 0 bridgehead atoms. The number of benzene rings is 3. The smallest absolute Gasteiger partial charge is 0.480 e. The van der Waals surface area contributed by atoms with Crippen LogP contribution in [-0.4, -0.2) is 41.6 Å². The van der Waals surface area contributed by atoms with Crippen molar-refractivity contribution in [3.8, 4) is 16.9 Å². The lowest BCUT2D eigenvalue weighted by atomic mass is 9.98. The summed E-state index contributed by atoms with van der Waals surface area (Å²) in [6.07, 6.45) is -1.62. The van der Waals surface area contributed by atoms with Gasteiger partial charge in [-0.15, -0.1) is 0 Å². The van der Waals surface area contributed by atoms with Gasteiger partial charge in [-0.05, 0) is 60.7 Å². The Labute approximate surface area is 215 Å². The van der Waals surface area contributed by atoms with Gasteiger partial charge in [0, 0.05) is 12.3 Å². The monoisotopic (exact) mass is 503 g/mol. The van der Waals surface area contributed by atoms with E-state index in [0.717, 1.165) is 22.3 Å². The summed E-state index contributed by atoms with van der Waals surface area (Å²) in [7, 11) is 0. The van der Waals surface area contributed by atoms with Gasteiger partial charge in [0.1, 0.15) is 24.0 Å². The van der Waals surface area contributed by atoms with Crippen LogP contribution in [0.15, 0.2) is 72.8 Å². The van der Waals surface area contributed by atoms with Crippen molar-refractivity contribution >= 4 is 18.2 Å². The molecule has 8 heteroatoms. The summed E-state index contributed by atoms with van der Waals surface area (Å²) in [5.74, 6) is -1.06. The SMILES string of the molecule is CC(C)(C)OC(=O)Oc1ccc(CC(NC(=O)OCC2c3ccccc3-c3ccccc32)C(=O)O)cc1. The molecule has 1 aliphatic rings. The highest BCUT2D eigenvalue weighted by molar-refractivity contribution is 5.81. The zero-order valence-corrected chi connectivity index (χ0v) is 20.9. The molecule has 0 spiro atoms. The van der Waals surface area contributed by atoms with Crippen LogP contribution < -0.4 is 10.1 Å². The number of carbonyl (C=O) groups excluding carboxylic acids is 2. The fourth-order valence-corrected chi connectivity index (χ4v) is 4.28. The van der Waals surface area contributed by atoms with Crippen LogP contribution >= 0.6 is 0 Å². The van der Waals surface area contributed by atoms with Gasteiger partial charge in [-0.2, -0.15) is 0 Å². The first-order valence-electron chi connectivity index (χ1n) is 11.9. The van der Waals surface area contributed by atoms with Gasteiger partial charge >= 0.3 is 18.2 Å². The van der Waals surface area contributed by atoms with Crippen LogP contribution in [0.3, 0.4) is 0 Å². The van der Waals surface area contributed by atoms with Crippen molar-refractivity contribution in [2.75, 3.05) is 6.61 Å². The van der Waals surface area contributed by atoms with Gasteiger partial charge in [0.15, 0.2) is 0 Å². The summed E-state index contributed by atoms with van der Waals surface area (Å²) in [6.45, 7) is 5.27. The van der Waals surface area contributed by atoms with Gasteiger partial charge in [-0.1, -0.05) is 60.7 Å². The van der Waals surface area contributed by atoms with Crippen LogP contribution in [0, 0.1) is 0 Å². The number of fused-ring (bicyclic) bond motifs is 3. The van der Waals surface area contributed by atoms with E-state index in [0.29, 0.717) is 5.56 Å². The first-order chi connectivity index (χ1) is 17.6. The highest BCUT2D eigenvalue weighted by atomic mass is 16.7. The van der Waals surface area contributed by atoms with E-state index < -0.39 is 29.9 Å². The third kappa shape index (κ3) is 6.46. The molecule has 8 nitrogen and oxygen atoms in total. The molecule has 1 amide bonds. The molecular weight excluding hydrogens is 474 g/mol. The number of aliphatic carboxylic acids is 1. The quantitative estimate of drug-likeness (QED) is 0.322. The number of alkyl carbamates (subject to hydrolysis) is 1. The minimum Gasteiger partial charge on any atom is -0.480 e. The highest BCUT2D eigenvalue weighted by Crippen LogP contribution is 2.44. The number of rotatable bonds is 7. The number of carbonyl (C=O) groups is 3. The molecule has 3 aromatic rings. The summed E-state index contributed by atoms with van der Waals surface area (Å²) in [4.78, 5) is 36.2. The molecule has 0 aliphatic heterocycles. The van der Waals surface area contributed by atoms with Gasteiger partial charge < -0.3 is 24.6 Å². The molecular formula is C29H29NO7. The Kier molecular flexibility index (Phi) is 7.47. The van der Waals surface area contributed by atoms with Gasteiger partial charge in [-0.25, -0.2) is 14.4 Å². The second kappa shape index (κ2) is 10.7. The molecule has 1 atom stereocenters. The Morgan fingerprint density at radius 2 is 1.46 bits per heavy atom. The lowest BCUT2D eigenvalue weighted by Gasteiger charge is -2.19. The van der Waals surface area contributed by atoms with E-state index >= 15 is 0 Å². The molecule has 0 fully saturated rings. The Hall–Kier alpha value is -4.33. The minimum absolute atomic E-state index is 0.0201. The largest absolute Gasteiger partial charge is 0.514 e. The van der Waals surface area contributed by atoms with Gasteiger partial charge in [0.2, 0.25) is 0 Å². The van der Waals surface area contributed by atoms with E-state index in [1.807, 2.05) is 48.5 Å². The lowest BCUT2D eigenvalue weighted by molar-refractivity contribution is -0.139. The van der Waals surface area contributed by atoms with Crippen LogP contribution in [0.5, 0.6) is 5.75 Å². The van der Waals surface area contributed by atoms with E-state index in [-0.39, 0.29) is 24.7 Å². The summed E-state index contributed by atoms with van der Waals surface area (Å²) in [6, 6.07) is 21.0. The maximum Gasteiger partial charge on any atom is 0.514 e. The topological polar surface area (TPSA) is 111 Å². The van der Waals surface area contributed by atoms with Crippen molar-refractivity contribution in [1.29, 1.82) is 0 Å². The average molecular weight is 504 g/mol. The Morgan fingerprint density at radius 1 is 0.892 bits per heavy atom. The first kappa shape index (κ1) is 25.8. The molecule has 1 aliphatic carbocycles. The molecule has 3 aromatic carbocycles. The number of ether oxygens (including phenoxy) is 3. The van der Waals surface area contributed by atoms with Crippen molar-refractivity contribution in [1.82, 2.24) is 5.32 Å². The third-order valence-electron chi connectivity index (χ3n) is 5.89. The van der Waals surface area contributed by atoms with E-state index in [1.165, 1.54) is 12.1 Å². The van der Waals surface area contributed by atoms with Crippen molar-refractivity contribution in [2.45, 2.75) is 44.8 Å². The number of hydrogen-bond donors (Lipinski definition) is 2. The van der Waals surface area contributed by atoms with E-state index in [1.54, 1.807) is 32.9 Å². The summed E-state index contributed by atoms with van der Waals surface area (Å²) >= 11 is 0. The average Bonchev–Trinajstić information content (AvgIpc) is 3.16. The second-order valence-corrected chi connectivity index (χ2v) is 9.78. The molecule has 0 radical (unpaired) electrons. The maximum atomic E-state index is 12.6. The zero-order valence-electron chi connectivity index (χ0n) is 20.9.